The highest BCUT2D eigenvalue weighted by molar-refractivity contribution is 5.95. The van der Waals surface area contributed by atoms with Crippen molar-refractivity contribution in [3.05, 3.63) is 24.3 Å². The lowest BCUT2D eigenvalue weighted by Crippen LogP contribution is -2.28. The number of amides is 3. The van der Waals surface area contributed by atoms with E-state index in [1.807, 2.05) is 20.8 Å². The van der Waals surface area contributed by atoms with Crippen molar-refractivity contribution in [2.24, 2.45) is 5.41 Å². The highest BCUT2D eigenvalue weighted by Gasteiger charge is 2.21. The summed E-state index contributed by atoms with van der Waals surface area (Å²) in [5.41, 5.74) is 0.828. The topological polar surface area (TPSA) is 70.2 Å². The van der Waals surface area contributed by atoms with E-state index < -0.39 is 5.41 Å². The molecule has 3 amide bonds. The first-order chi connectivity index (χ1) is 8.32. The number of anilines is 2. The molecule has 0 saturated carbocycles. The summed E-state index contributed by atoms with van der Waals surface area (Å²) >= 11 is 0. The average molecular weight is 249 g/mol. The van der Waals surface area contributed by atoms with Crippen LogP contribution in [0.2, 0.25) is 0 Å². The van der Waals surface area contributed by atoms with Crippen LogP contribution < -0.4 is 16.0 Å². The van der Waals surface area contributed by atoms with Crippen LogP contribution in [0.25, 0.3) is 0 Å². The molecule has 5 nitrogen and oxygen atoms in total. The van der Waals surface area contributed by atoms with E-state index in [9.17, 15) is 9.59 Å². The Hall–Kier alpha value is -2.04. The van der Waals surface area contributed by atoms with Crippen molar-refractivity contribution in [3.63, 3.8) is 0 Å². The highest BCUT2D eigenvalue weighted by atomic mass is 16.2. The molecule has 0 radical (unpaired) electrons. The smallest absolute Gasteiger partial charge is 0.318 e. The van der Waals surface area contributed by atoms with E-state index in [0.717, 1.165) is 0 Å². The Morgan fingerprint density at radius 3 is 2.11 bits per heavy atom. The van der Waals surface area contributed by atoms with Gasteiger partial charge in [0.1, 0.15) is 0 Å². The molecule has 1 aromatic carbocycles. The molecule has 0 saturated heterocycles. The first-order valence-electron chi connectivity index (χ1n) is 5.73. The van der Waals surface area contributed by atoms with Gasteiger partial charge in [0.15, 0.2) is 0 Å². The molecule has 0 aromatic heterocycles. The van der Waals surface area contributed by atoms with Gasteiger partial charge in [-0.1, -0.05) is 26.8 Å². The SMILES string of the molecule is CNC(=O)Nc1cccc(NC(=O)C(C)(C)C)c1. The largest absolute Gasteiger partial charge is 0.341 e. The van der Waals surface area contributed by atoms with E-state index in [0.29, 0.717) is 11.4 Å². The van der Waals surface area contributed by atoms with Gasteiger partial charge in [0.2, 0.25) is 5.91 Å². The van der Waals surface area contributed by atoms with E-state index in [-0.39, 0.29) is 11.9 Å². The minimum Gasteiger partial charge on any atom is -0.341 e. The number of benzene rings is 1. The average Bonchev–Trinajstić information content (AvgIpc) is 2.28. The molecule has 3 N–H and O–H groups in total. The van der Waals surface area contributed by atoms with Crippen LogP contribution in [0.1, 0.15) is 20.8 Å². The fraction of sp³-hybridized carbons (Fsp3) is 0.385. The minimum atomic E-state index is -0.454. The van der Waals surface area contributed by atoms with Gasteiger partial charge < -0.3 is 16.0 Å². The summed E-state index contributed by atoms with van der Waals surface area (Å²) in [4.78, 5) is 23.0. The maximum absolute atomic E-state index is 11.8. The Labute approximate surface area is 107 Å². The monoisotopic (exact) mass is 249 g/mol. The summed E-state index contributed by atoms with van der Waals surface area (Å²) in [6, 6.07) is 6.71. The van der Waals surface area contributed by atoms with Gasteiger partial charge in [-0.2, -0.15) is 0 Å². The predicted octanol–water partition coefficient (Wildman–Crippen LogP) is 2.42. The Morgan fingerprint density at radius 2 is 1.61 bits per heavy atom. The first-order valence-corrected chi connectivity index (χ1v) is 5.73. The molecular weight excluding hydrogens is 230 g/mol. The van der Waals surface area contributed by atoms with Crippen LogP contribution in [0.15, 0.2) is 24.3 Å². The number of nitrogens with one attached hydrogen (secondary N) is 3. The van der Waals surface area contributed by atoms with Gasteiger partial charge in [0.05, 0.1) is 0 Å². The van der Waals surface area contributed by atoms with Crippen molar-refractivity contribution in [1.82, 2.24) is 5.32 Å². The second kappa shape index (κ2) is 5.53. The van der Waals surface area contributed by atoms with E-state index in [1.165, 1.54) is 0 Å². The van der Waals surface area contributed by atoms with Crippen molar-refractivity contribution >= 4 is 23.3 Å². The Balaban J connectivity index is 2.77. The zero-order valence-electron chi connectivity index (χ0n) is 11.1. The maximum atomic E-state index is 11.8. The number of urea groups is 1. The summed E-state index contributed by atoms with van der Waals surface area (Å²) < 4.78 is 0. The van der Waals surface area contributed by atoms with Gasteiger partial charge in [0, 0.05) is 23.8 Å². The molecule has 0 atom stereocenters. The molecule has 98 valence electrons. The van der Waals surface area contributed by atoms with Crippen molar-refractivity contribution < 1.29 is 9.59 Å². The van der Waals surface area contributed by atoms with Crippen molar-refractivity contribution in [2.75, 3.05) is 17.7 Å². The zero-order valence-corrected chi connectivity index (χ0v) is 11.1. The second-order valence-electron chi connectivity index (χ2n) is 4.99. The molecule has 0 aliphatic carbocycles. The fourth-order valence-electron chi connectivity index (χ4n) is 1.19. The summed E-state index contributed by atoms with van der Waals surface area (Å²) in [5, 5.41) is 7.91. The molecule has 1 aromatic rings. The Kier molecular flexibility index (Phi) is 4.31. The van der Waals surface area contributed by atoms with Crippen molar-refractivity contribution in [3.8, 4) is 0 Å². The van der Waals surface area contributed by atoms with Crippen LogP contribution in [-0.4, -0.2) is 19.0 Å². The Morgan fingerprint density at radius 1 is 1.06 bits per heavy atom. The summed E-state index contributed by atoms with van der Waals surface area (Å²) in [6.45, 7) is 5.53. The van der Waals surface area contributed by atoms with Crippen LogP contribution in [0.4, 0.5) is 16.2 Å². The first kappa shape index (κ1) is 14.0. The second-order valence-corrected chi connectivity index (χ2v) is 4.99. The molecule has 18 heavy (non-hydrogen) atoms. The molecule has 5 heteroatoms. The van der Waals surface area contributed by atoms with Crippen LogP contribution in [0.5, 0.6) is 0 Å². The van der Waals surface area contributed by atoms with Gasteiger partial charge in [-0.3, -0.25) is 4.79 Å². The van der Waals surface area contributed by atoms with E-state index in [4.69, 9.17) is 0 Å². The lowest BCUT2D eigenvalue weighted by molar-refractivity contribution is -0.123. The van der Waals surface area contributed by atoms with Crippen LogP contribution >= 0.6 is 0 Å². The third kappa shape index (κ3) is 4.08. The standard InChI is InChI=1S/C13H19N3O2/c1-13(2,3)11(17)15-9-6-5-7-10(8-9)16-12(18)14-4/h5-8H,1-4H3,(H,15,17)(H2,14,16,18). The van der Waals surface area contributed by atoms with E-state index >= 15 is 0 Å². The molecule has 0 spiro atoms. The molecule has 0 fully saturated rings. The van der Waals surface area contributed by atoms with Crippen LogP contribution in [0.3, 0.4) is 0 Å². The van der Waals surface area contributed by atoms with Crippen LogP contribution in [-0.2, 0) is 4.79 Å². The molecule has 0 aliphatic heterocycles. The number of hydrogen-bond acceptors (Lipinski definition) is 2. The molecule has 0 aliphatic rings. The summed E-state index contributed by atoms with van der Waals surface area (Å²) in [7, 11) is 1.54. The molecule has 0 heterocycles. The van der Waals surface area contributed by atoms with Crippen LogP contribution in [0, 0.1) is 5.41 Å². The van der Waals surface area contributed by atoms with Gasteiger partial charge in [-0.05, 0) is 18.2 Å². The molecule has 1 rings (SSSR count). The van der Waals surface area contributed by atoms with Gasteiger partial charge >= 0.3 is 6.03 Å². The van der Waals surface area contributed by atoms with Crippen molar-refractivity contribution in [2.45, 2.75) is 20.8 Å². The highest BCUT2D eigenvalue weighted by Crippen LogP contribution is 2.19. The zero-order chi connectivity index (χ0) is 13.8. The molecule has 0 bridgehead atoms. The number of rotatable bonds is 2. The van der Waals surface area contributed by atoms with Gasteiger partial charge in [0.25, 0.3) is 0 Å². The molecule has 0 unspecified atom stereocenters. The summed E-state index contributed by atoms with van der Waals surface area (Å²) in [6.07, 6.45) is 0. The lowest BCUT2D eigenvalue weighted by Gasteiger charge is -2.18. The quantitative estimate of drug-likeness (QED) is 0.753. The third-order valence-corrected chi connectivity index (χ3v) is 2.29. The molecular formula is C13H19N3O2. The lowest BCUT2D eigenvalue weighted by atomic mass is 9.95. The fourth-order valence-corrected chi connectivity index (χ4v) is 1.19. The summed E-state index contributed by atoms with van der Waals surface area (Å²) in [5.74, 6) is -0.0698. The number of carbonyl (C=O) groups is 2. The minimum absolute atomic E-state index is 0.0698. The third-order valence-electron chi connectivity index (χ3n) is 2.29. The number of carbonyl (C=O) groups excluding carboxylic acids is 2. The van der Waals surface area contributed by atoms with E-state index in [1.54, 1.807) is 31.3 Å². The predicted molar refractivity (Wildman–Crippen MR) is 72.6 cm³/mol. The number of hydrogen-bond donors (Lipinski definition) is 3. The van der Waals surface area contributed by atoms with Crippen molar-refractivity contribution in [1.29, 1.82) is 0 Å². The maximum Gasteiger partial charge on any atom is 0.318 e. The van der Waals surface area contributed by atoms with Gasteiger partial charge in [-0.25, -0.2) is 4.79 Å². The normalized spacial score (nSPS) is 10.7. The van der Waals surface area contributed by atoms with Gasteiger partial charge in [-0.15, -0.1) is 0 Å². The Bertz CT molecular complexity index is 450. The van der Waals surface area contributed by atoms with E-state index in [2.05, 4.69) is 16.0 Å².